The van der Waals surface area contributed by atoms with E-state index in [-0.39, 0.29) is 17.2 Å². The zero-order valence-electron chi connectivity index (χ0n) is 22.1. The number of aliphatic imine (C=N–C) groups is 1. The van der Waals surface area contributed by atoms with Crippen LogP contribution in [0.5, 0.6) is 0 Å². The lowest BCUT2D eigenvalue weighted by atomic mass is 9.89. The highest BCUT2D eigenvalue weighted by atomic mass is 32.3. The minimum atomic E-state index is -3.16. The number of hydrogen-bond acceptors (Lipinski definition) is 7. The number of fused-ring (bicyclic) bond motifs is 1. The van der Waals surface area contributed by atoms with Crippen LogP contribution in [0.15, 0.2) is 59.7 Å². The van der Waals surface area contributed by atoms with E-state index in [4.69, 9.17) is 10.3 Å². The van der Waals surface area contributed by atoms with Gasteiger partial charge in [-0.05, 0) is 80.1 Å². The molecule has 0 radical (unpaired) electrons. The number of thiol groups is 1. The van der Waals surface area contributed by atoms with E-state index >= 15 is 4.39 Å². The Morgan fingerprint density at radius 1 is 1.21 bits per heavy atom. The maximum absolute atomic E-state index is 15.5. The Hall–Kier alpha value is -4.01. The number of aryl methyl sites for hydroxylation is 1. The summed E-state index contributed by atoms with van der Waals surface area (Å²) in [5, 5.41) is 14.6. The van der Waals surface area contributed by atoms with Crippen LogP contribution in [0.4, 0.5) is 15.9 Å². The zero-order chi connectivity index (χ0) is 28.0. The van der Waals surface area contributed by atoms with E-state index in [1.165, 1.54) is 18.3 Å². The summed E-state index contributed by atoms with van der Waals surface area (Å²) in [4.78, 5) is 26.6. The lowest BCUT2D eigenvalue weighted by Gasteiger charge is -2.51. The molecule has 0 unspecified atom stereocenters. The van der Waals surface area contributed by atoms with Crippen LogP contribution in [0.1, 0.15) is 54.5 Å². The molecule has 5 rings (SSSR count). The fraction of sp³-hybridized carbons (Fsp3) is 0.321. The maximum Gasteiger partial charge on any atom is 0.275 e. The molecule has 0 bridgehead atoms. The Morgan fingerprint density at radius 3 is 2.64 bits per heavy atom. The number of amides is 1. The first-order valence-corrected chi connectivity index (χ1v) is 14.4. The van der Waals surface area contributed by atoms with Crippen LogP contribution in [0.3, 0.4) is 0 Å². The second-order valence-electron chi connectivity index (χ2n) is 10.5. The number of pyridine rings is 2. The molecule has 2 aromatic heterocycles. The molecular weight excluding hydrogens is 517 g/mol. The van der Waals surface area contributed by atoms with Crippen LogP contribution < -0.4 is 15.4 Å². The number of aromatic nitrogens is 2. The molecule has 11 heteroatoms. The van der Waals surface area contributed by atoms with Crippen LogP contribution in [-0.4, -0.2) is 42.5 Å². The molecule has 39 heavy (non-hydrogen) atoms. The quantitative estimate of drug-likeness (QED) is 0.367. The Bertz CT molecular complexity index is 1580. The van der Waals surface area contributed by atoms with Crippen LogP contribution >= 0.6 is 0 Å². The van der Waals surface area contributed by atoms with Gasteiger partial charge in [-0.3, -0.25) is 18.7 Å². The normalized spacial score (nSPS) is 23.6. The zero-order valence-corrected chi connectivity index (χ0v) is 23.0. The molecule has 4 heterocycles. The Kier molecular flexibility index (Phi) is 6.56. The van der Waals surface area contributed by atoms with Crippen molar-refractivity contribution in [2.45, 2.75) is 49.7 Å². The maximum atomic E-state index is 15.5. The first kappa shape index (κ1) is 26.6. The fourth-order valence-corrected chi connectivity index (χ4v) is 9.11. The van der Waals surface area contributed by atoms with Crippen molar-refractivity contribution < 1.29 is 13.4 Å². The van der Waals surface area contributed by atoms with Crippen molar-refractivity contribution in [1.29, 1.82) is 5.26 Å². The fourth-order valence-electron chi connectivity index (χ4n) is 5.45. The Morgan fingerprint density at radius 2 is 1.95 bits per heavy atom. The number of amidine groups is 1. The molecule has 202 valence electrons. The average molecular weight is 548 g/mol. The largest absolute Gasteiger partial charge is 0.343 e. The minimum Gasteiger partial charge on any atom is -0.343 e. The number of halogens is 1. The van der Waals surface area contributed by atoms with Gasteiger partial charge in [0.15, 0.2) is 0 Å². The number of nitrogens with one attached hydrogen (secondary N) is 3. The third kappa shape index (κ3) is 4.39. The summed E-state index contributed by atoms with van der Waals surface area (Å²) in [6.45, 7) is 7.72. The standard InChI is InChI=1S/C28H30FN7O2S/c1-17-14-18(15-30)16-31-23(17)25(37)35-22-11-10-20(29)24(34-22)28(4)21-12-13-32-39(21,38)27(2,3)26(36-28)33-19-8-6-5-7-9-19/h5-11,14,16,21,39H,12-13H2,1-4H3,(H,32,38)(H,33,36)(H,34,35,37)/t21-,28-/m0/s1. The van der Waals surface area contributed by atoms with Crippen molar-refractivity contribution in [3.63, 3.8) is 0 Å². The number of nitrogens with zero attached hydrogens (tertiary/aromatic N) is 4. The van der Waals surface area contributed by atoms with Crippen molar-refractivity contribution in [3.05, 3.63) is 83.1 Å². The summed E-state index contributed by atoms with van der Waals surface area (Å²) in [5.41, 5.74) is 0.488. The van der Waals surface area contributed by atoms with Gasteiger partial charge in [0.05, 0.1) is 15.6 Å². The molecule has 1 amide bonds. The van der Waals surface area contributed by atoms with E-state index in [1.54, 1.807) is 19.9 Å². The van der Waals surface area contributed by atoms with Crippen molar-refractivity contribution in [2.75, 3.05) is 17.2 Å². The van der Waals surface area contributed by atoms with Crippen molar-refractivity contribution in [3.8, 4) is 6.07 Å². The number of rotatable bonds is 4. The van der Waals surface area contributed by atoms with Gasteiger partial charge in [0.2, 0.25) is 0 Å². The third-order valence-electron chi connectivity index (χ3n) is 7.63. The SMILES string of the molecule is Cc1cc(C#N)cnc1C(=O)Nc1ccc(F)c([C@@]2(C)N=C(Nc3ccccc3)C(C)(C)[SH]3(=O)NCC[C@@H]23)n1. The lowest BCUT2D eigenvalue weighted by molar-refractivity contribution is 0.102. The van der Waals surface area contributed by atoms with E-state index < -0.39 is 37.4 Å². The van der Waals surface area contributed by atoms with Gasteiger partial charge >= 0.3 is 0 Å². The third-order valence-corrected chi connectivity index (χ3v) is 11.8. The summed E-state index contributed by atoms with van der Waals surface area (Å²) in [5.74, 6) is -0.566. The second kappa shape index (κ2) is 9.63. The highest BCUT2D eigenvalue weighted by Gasteiger charge is 2.59. The van der Waals surface area contributed by atoms with Gasteiger partial charge in [-0.1, -0.05) is 18.2 Å². The predicted molar refractivity (Wildman–Crippen MR) is 151 cm³/mol. The van der Waals surface area contributed by atoms with Crippen molar-refractivity contribution >= 4 is 33.4 Å². The Balaban J connectivity index is 1.57. The van der Waals surface area contributed by atoms with Crippen molar-refractivity contribution in [2.24, 2.45) is 4.99 Å². The van der Waals surface area contributed by atoms with Crippen LogP contribution in [0.25, 0.3) is 0 Å². The van der Waals surface area contributed by atoms with Gasteiger partial charge in [-0.2, -0.15) is 5.26 Å². The molecule has 0 saturated carbocycles. The first-order chi connectivity index (χ1) is 18.5. The van der Waals surface area contributed by atoms with Crippen LogP contribution in [-0.2, 0) is 15.7 Å². The van der Waals surface area contributed by atoms with Gasteiger partial charge in [-0.25, -0.2) is 14.4 Å². The highest BCUT2D eigenvalue weighted by molar-refractivity contribution is 8.04. The average Bonchev–Trinajstić information content (AvgIpc) is 3.33. The highest BCUT2D eigenvalue weighted by Crippen LogP contribution is 2.49. The molecule has 2 atom stereocenters. The van der Waals surface area contributed by atoms with Crippen LogP contribution in [0, 0.1) is 24.1 Å². The van der Waals surface area contributed by atoms with Gasteiger partial charge in [0, 0.05) is 18.4 Å². The minimum absolute atomic E-state index is 0.00148. The molecule has 1 fully saturated rings. The van der Waals surface area contributed by atoms with E-state index in [0.29, 0.717) is 29.9 Å². The smallest absolute Gasteiger partial charge is 0.275 e. The number of anilines is 2. The van der Waals surface area contributed by atoms with E-state index in [2.05, 4.69) is 25.3 Å². The molecule has 2 aliphatic rings. The topological polar surface area (TPSA) is 132 Å². The van der Waals surface area contributed by atoms with Crippen LogP contribution in [0.2, 0.25) is 0 Å². The summed E-state index contributed by atoms with van der Waals surface area (Å²) in [6, 6.07) is 15.6. The molecule has 1 saturated heterocycles. The monoisotopic (exact) mass is 547 g/mol. The number of nitriles is 1. The van der Waals surface area contributed by atoms with Gasteiger partial charge in [0.1, 0.15) is 40.5 Å². The molecule has 0 aliphatic carbocycles. The molecule has 0 spiro atoms. The number of hydrogen-bond donors (Lipinski definition) is 4. The van der Waals surface area contributed by atoms with Gasteiger partial charge in [0.25, 0.3) is 5.91 Å². The molecular formula is C28H30FN7O2S. The molecule has 9 nitrogen and oxygen atoms in total. The number of benzene rings is 1. The summed E-state index contributed by atoms with van der Waals surface area (Å²) in [6.07, 6.45) is 1.85. The summed E-state index contributed by atoms with van der Waals surface area (Å²) in [7, 11) is -3.16. The van der Waals surface area contributed by atoms with E-state index in [1.807, 2.05) is 50.2 Å². The molecule has 3 aromatic rings. The number of carbonyl (C=O) groups is 1. The Labute approximate surface area is 227 Å². The van der Waals surface area contributed by atoms with E-state index in [0.717, 1.165) is 5.69 Å². The molecule has 3 N–H and O–H groups in total. The van der Waals surface area contributed by atoms with E-state index in [9.17, 15) is 9.00 Å². The van der Waals surface area contributed by atoms with Gasteiger partial charge in [-0.15, -0.1) is 0 Å². The first-order valence-electron chi connectivity index (χ1n) is 12.6. The number of carbonyl (C=O) groups excluding carboxylic acids is 1. The summed E-state index contributed by atoms with van der Waals surface area (Å²) >= 11 is 0. The van der Waals surface area contributed by atoms with Gasteiger partial charge < -0.3 is 10.6 Å². The predicted octanol–water partition coefficient (Wildman–Crippen LogP) is 3.86. The number of para-hydroxylation sites is 1. The second-order valence-corrected chi connectivity index (χ2v) is 13.9. The molecule has 2 aliphatic heterocycles. The lowest BCUT2D eigenvalue weighted by Crippen LogP contribution is -2.64. The summed E-state index contributed by atoms with van der Waals surface area (Å²) < 4.78 is 32.5. The molecule has 1 aromatic carbocycles. The van der Waals surface area contributed by atoms with Crippen molar-refractivity contribution in [1.82, 2.24) is 14.7 Å².